The van der Waals surface area contributed by atoms with Crippen molar-refractivity contribution < 1.29 is 4.74 Å². The summed E-state index contributed by atoms with van der Waals surface area (Å²) in [4.78, 5) is 4.91. The lowest BCUT2D eigenvalue weighted by Gasteiger charge is -2.34. The van der Waals surface area contributed by atoms with Crippen LogP contribution < -0.4 is 5.32 Å². The first-order valence-electron chi connectivity index (χ1n) is 7.34. The Morgan fingerprint density at radius 3 is 2.95 bits per heavy atom. The Kier molecular flexibility index (Phi) is 9.07. The molecule has 5 heteroatoms. The molecule has 1 heterocycles. The molecule has 1 rings (SSSR count). The van der Waals surface area contributed by atoms with Crippen LogP contribution in [0.15, 0.2) is 0 Å². The van der Waals surface area contributed by atoms with Crippen LogP contribution in [-0.4, -0.2) is 81.0 Å². The van der Waals surface area contributed by atoms with Gasteiger partial charge in [0, 0.05) is 38.6 Å². The molecule has 0 spiro atoms. The molecule has 0 aliphatic carbocycles. The molecule has 19 heavy (non-hydrogen) atoms. The fourth-order valence-corrected chi connectivity index (χ4v) is 2.81. The lowest BCUT2D eigenvalue weighted by Crippen LogP contribution is -2.48. The summed E-state index contributed by atoms with van der Waals surface area (Å²) in [6.07, 6.45) is 2.51. The van der Waals surface area contributed by atoms with Gasteiger partial charge in [0.15, 0.2) is 0 Å². The van der Waals surface area contributed by atoms with Crippen molar-refractivity contribution in [3.05, 3.63) is 0 Å². The molecule has 1 aliphatic heterocycles. The van der Waals surface area contributed by atoms with Gasteiger partial charge >= 0.3 is 0 Å². The predicted octanol–water partition coefficient (Wildman–Crippen LogP) is 1.19. The van der Waals surface area contributed by atoms with Crippen LogP contribution >= 0.6 is 11.8 Å². The zero-order chi connectivity index (χ0) is 14.1. The fraction of sp³-hybridized carbons (Fsp3) is 1.00. The summed E-state index contributed by atoms with van der Waals surface area (Å²) in [5.41, 5.74) is 0. The average molecular weight is 289 g/mol. The standard InChI is InChI=1S/C14H31N3OS/c1-13(2)9-15-10-14-11-17(7-8-18-14)6-5-16(3)12-19-4/h13-15H,5-12H2,1-4H3/t14-/m1/s1. The lowest BCUT2D eigenvalue weighted by atomic mass is 10.2. The average Bonchev–Trinajstić information content (AvgIpc) is 2.37. The van der Waals surface area contributed by atoms with E-state index in [0.29, 0.717) is 12.0 Å². The second-order valence-electron chi connectivity index (χ2n) is 5.84. The summed E-state index contributed by atoms with van der Waals surface area (Å²) in [7, 11) is 2.19. The Hall–Kier alpha value is 0.190. The second-order valence-corrected chi connectivity index (χ2v) is 6.68. The Morgan fingerprint density at radius 1 is 1.47 bits per heavy atom. The molecular weight excluding hydrogens is 258 g/mol. The van der Waals surface area contributed by atoms with E-state index in [1.807, 2.05) is 11.8 Å². The van der Waals surface area contributed by atoms with E-state index in [0.717, 1.165) is 51.8 Å². The number of ether oxygens (including phenoxy) is 1. The largest absolute Gasteiger partial charge is 0.374 e. The van der Waals surface area contributed by atoms with E-state index in [2.05, 4.69) is 42.3 Å². The summed E-state index contributed by atoms with van der Waals surface area (Å²) in [6, 6.07) is 0. The molecule has 0 bridgehead atoms. The Balaban J connectivity index is 2.15. The Bertz CT molecular complexity index is 229. The number of rotatable bonds is 9. The highest BCUT2D eigenvalue weighted by Crippen LogP contribution is 2.05. The van der Waals surface area contributed by atoms with Crippen LogP contribution in [0.4, 0.5) is 0 Å². The van der Waals surface area contributed by atoms with Gasteiger partial charge in [-0.05, 0) is 25.8 Å². The second kappa shape index (κ2) is 10.00. The number of likely N-dealkylation sites (N-methyl/N-ethyl adjacent to an activating group) is 1. The third kappa shape index (κ3) is 8.15. The molecular formula is C14H31N3OS. The van der Waals surface area contributed by atoms with Crippen molar-refractivity contribution in [2.24, 2.45) is 5.92 Å². The Morgan fingerprint density at radius 2 is 2.26 bits per heavy atom. The van der Waals surface area contributed by atoms with Gasteiger partial charge in [-0.15, -0.1) is 11.8 Å². The summed E-state index contributed by atoms with van der Waals surface area (Å²) < 4.78 is 5.82. The summed E-state index contributed by atoms with van der Waals surface area (Å²) in [5.74, 6) is 1.82. The molecule has 0 aromatic rings. The van der Waals surface area contributed by atoms with Crippen LogP contribution in [0.2, 0.25) is 0 Å². The minimum atomic E-state index is 0.360. The zero-order valence-electron chi connectivity index (χ0n) is 13.0. The van der Waals surface area contributed by atoms with E-state index in [9.17, 15) is 0 Å². The lowest BCUT2D eigenvalue weighted by molar-refractivity contribution is -0.0285. The van der Waals surface area contributed by atoms with Gasteiger partial charge in [-0.2, -0.15) is 0 Å². The minimum absolute atomic E-state index is 0.360. The van der Waals surface area contributed by atoms with Crippen molar-refractivity contribution in [3.63, 3.8) is 0 Å². The highest BCUT2D eigenvalue weighted by atomic mass is 32.2. The number of hydrogen-bond donors (Lipinski definition) is 1. The molecule has 0 aromatic carbocycles. The molecule has 1 N–H and O–H groups in total. The highest BCUT2D eigenvalue weighted by Gasteiger charge is 2.20. The number of nitrogens with one attached hydrogen (secondary N) is 1. The van der Waals surface area contributed by atoms with E-state index < -0.39 is 0 Å². The zero-order valence-corrected chi connectivity index (χ0v) is 13.8. The summed E-state index contributed by atoms with van der Waals surface area (Å²) in [5, 5.41) is 3.49. The maximum atomic E-state index is 5.82. The van der Waals surface area contributed by atoms with Crippen LogP contribution in [0, 0.1) is 5.92 Å². The number of nitrogens with zero attached hydrogens (tertiary/aromatic N) is 2. The highest BCUT2D eigenvalue weighted by molar-refractivity contribution is 7.98. The maximum Gasteiger partial charge on any atom is 0.0826 e. The van der Waals surface area contributed by atoms with Gasteiger partial charge in [0.2, 0.25) is 0 Å². The molecule has 1 aliphatic rings. The topological polar surface area (TPSA) is 27.7 Å². The van der Waals surface area contributed by atoms with Crippen molar-refractivity contribution in [2.75, 3.05) is 65.1 Å². The SMILES string of the molecule is CSCN(C)CCN1CCO[C@H](CNCC(C)C)C1. The van der Waals surface area contributed by atoms with Crippen molar-refractivity contribution in [3.8, 4) is 0 Å². The molecule has 0 radical (unpaired) electrons. The van der Waals surface area contributed by atoms with Crippen LogP contribution in [0.5, 0.6) is 0 Å². The van der Waals surface area contributed by atoms with Gasteiger partial charge < -0.3 is 10.1 Å². The van der Waals surface area contributed by atoms with Gasteiger partial charge in [0.1, 0.15) is 0 Å². The van der Waals surface area contributed by atoms with Crippen molar-refractivity contribution >= 4 is 11.8 Å². The molecule has 0 amide bonds. The van der Waals surface area contributed by atoms with Crippen LogP contribution in [0.3, 0.4) is 0 Å². The van der Waals surface area contributed by atoms with Crippen molar-refractivity contribution in [1.82, 2.24) is 15.1 Å². The van der Waals surface area contributed by atoms with E-state index >= 15 is 0 Å². The molecule has 4 nitrogen and oxygen atoms in total. The van der Waals surface area contributed by atoms with Gasteiger partial charge in [-0.25, -0.2) is 0 Å². The number of morpholine rings is 1. The monoisotopic (exact) mass is 289 g/mol. The van der Waals surface area contributed by atoms with Gasteiger partial charge in [0.25, 0.3) is 0 Å². The first kappa shape index (κ1) is 17.2. The van der Waals surface area contributed by atoms with Gasteiger partial charge in [0.05, 0.1) is 12.7 Å². The molecule has 1 atom stereocenters. The van der Waals surface area contributed by atoms with E-state index in [-0.39, 0.29) is 0 Å². The van der Waals surface area contributed by atoms with Crippen molar-refractivity contribution in [1.29, 1.82) is 0 Å². The quantitative estimate of drug-likeness (QED) is 0.644. The Labute approximate surface area is 123 Å². The van der Waals surface area contributed by atoms with Crippen LogP contribution in [0.25, 0.3) is 0 Å². The van der Waals surface area contributed by atoms with E-state index in [4.69, 9.17) is 4.74 Å². The number of hydrogen-bond acceptors (Lipinski definition) is 5. The first-order chi connectivity index (χ1) is 9.11. The predicted molar refractivity (Wildman–Crippen MR) is 84.9 cm³/mol. The smallest absolute Gasteiger partial charge is 0.0826 e. The van der Waals surface area contributed by atoms with Gasteiger partial charge in [-0.3, -0.25) is 9.80 Å². The molecule has 0 unspecified atom stereocenters. The summed E-state index contributed by atoms with van der Waals surface area (Å²) in [6.45, 7) is 11.9. The fourth-order valence-electron chi connectivity index (χ4n) is 2.24. The maximum absolute atomic E-state index is 5.82. The molecule has 0 aromatic heterocycles. The van der Waals surface area contributed by atoms with Crippen LogP contribution in [-0.2, 0) is 4.74 Å². The first-order valence-corrected chi connectivity index (χ1v) is 8.73. The van der Waals surface area contributed by atoms with E-state index in [1.54, 1.807) is 0 Å². The molecule has 114 valence electrons. The molecule has 1 saturated heterocycles. The minimum Gasteiger partial charge on any atom is -0.374 e. The normalized spacial score (nSPS) is 21.5. The van der Waals surface area contributed by atoms with E-state index in [1.165, 1.54) is 0 Å². The third-order valence-corrected chi connectivity index (χ3v) is 3.99. The van der Waals surface area contributed by atoms with Gasteiger partial charge in [-0.1, -0.05) is 13.8 Å². The third-order valence-electron chi connectivity index (χ3n) is 3.29. The van der Waals surface area contributed by atoms with Crippen molar-refractivity contribution in [2.45, 2.75) is 20.0 Å². The number of thioether (sulfide) groups is 1. The molecule has 1 fully saturated rings. The molecule has 0 saturated carbocycles. The summed E-state index contributed by atoms with van der Waals surface area (Å²) >= 11 is 1.88. The van der Waals surface area contributed by atoms with Crippen LogP contribution in [0.1, 0.15) is 13.8 Å².